The molecule has 2 heterocycles. The Labute approximate surface area is 139 Å². The lowest BCUT2D eigenvalue weighted by atomic mass is 9.92. The zero-order valence-electron chi connectivity index (χ0n) is 14.2. The summed E-state index contributed by atoms with van der Waals surface area (Å²) in [6, 6.07) is 3.17. The highest BCUT2D eigenvalue weighted by atomic mass is 16.6. The van der Waals surface area contributed by atoms with E-state index in [1.807, 2.05) is 20.8 Å². The molecule has 24 heavy (non-hydrogen) atoms. The van der Waals surface area contributed by atoms with Crippen LogP contribution in [-0.4, -0.2) is 25.3 Å². The van der Waals surface area contributed by atoms with E-state index in [2.05, 4.69) is 4.74 Å². The van der Waals surface area contributed by atoms with Gasteiger partial charge in [-0.3, -0.25) is 0 Å². The third-order valence-electron chi connectivity index (χ3n) is 4.18. The molecule has 1 aliphatic rings. The van der Waals surface area contributed by atoms with Gasteiger partial charge in [-0.05, 0) is 39.2 Å². The Morgan fingerprint density at radius 1 is 1.33 bits per heavy atom. The first-order valence-electron chi connectivity index (χ1n) is 7.80. The number of carbonyl (C=O) groups is 1. The maximum Gasteiger partial charge on any atom is 0.343 e. The minimum absolute atomic E-state index is 0.230. The number of fused-ring (bicyclic) bond motifs is 3. The summed E-state index contributed by atoms with van der Waals surface area (Å²) in [6.45, 7) is 5.58. The van der Waals surface area contributed by atoms with Crippen LogP contribution in [0.5, 0.6) is 11.5 Å². The highest BCUT2D eigenvalue weighted by Gasteiger charge is 2.30. The van der Waals surface area contributed by atoms with Crippen molar-refractivity contribution in [3.8, 4) is 11.5 Å². The van der Waals surface area contributed by atoms with Gasteiger partial charge < -0.3 is 18.6 Å². The van der Waals surface area contributed by atoms with Crippen LogP contribution in [0.4, 0.5) is 0 Å². The summed E-state index contributed by atoms with van der Waals surface area (Å²) in [5, 5.41) is 0.681. The van der Waals surface area contributed by atoms with Gasteiger partial charge >= 0.3 is 11.6 Å². The zero-order chi connectivity index (χ0) is 17.5. The molecule has 6 nitrogen and oxygen atoms in total. The molecule has 0 aliphatic carbocycles. The Kier molecular flexibility index (Phi) is 3.99. The molecule has 0 atom stereocenters. The predicted octanol–water partition coefficient (Wildman–Crippen LogP) is 2.76. The second-order valence-corrected chi connectivity index (χ2v) is 6.53. The lowest BCUT2D eigenvalue weighted by molar-refractivity contribution is -0.142. The van der Waals surface area contributed by atoms with Gasteiger partial charge in [0.2, 0.25) is 0 Å². The molecule has 0 unspecified atom stereocenters. The van der Waals surface area contributed by atoms with Crippen LogP contribution in [0, 0.1) is 6.92 Å². The van der Waals surface area contributed by atoms with Crippen molar-refractivity contribution in [1.82, 2.24) is 0 Å². The fourth-order valence-corrected chi connectivity index (χ4v) is 2.93. The molecule has 6 heteroatoms. The Bertz CT molecular complexity index is 862. The highest BCUT2D eigenvalue weighted by molar-refractivity contribution is 5.91. The molecule has 1 aliphatic heterocycles. The van der Waals surface area contributed by atoms with Gasteiger partial charge in [-0.15, -0.1) is 0 Å². The van der Waals surface area contributed by atoms with Gasteiger partial charge in [0, 0.05) is 17.7 Å². The van der Waals surface area contributed by atoms with Gasteiger partial charge in [0.25, 0.3) is 0 Å². The molecule has 1 aromatic carbocycles. The molecule has 0 saturated heterocycles. The van der Waals surface area contributed by atoms with Crippen molar-refractivity contribution >= 4 is 16.9 Å². The van der Waals surface area contributed by atoms with Gasteiger partial charge in [-0.1, -0.05) is 0 Å². The number of rotatable bonds is 3. The number of carbonyl (C=O) groups excluding carboxylic acids is 1. The monoisotopic (exact) mass is 332 g/mol. The van der Waals surface area contributed by atoms with Crippen LogP contribution >= 0.6 is 0 Å². The van der Waals surface area contributed by atoms with E-state index in [-0.39, 0.29) is 12.2 Å². The Balaban J connectivity index is 2.19. The number of aryl methyl sites for hydroxylation is 2. The molecule has 0 fully saturated rings. The van der Waals surface area contributed by atoms with Crippen molar-refractivity contribution in [1.29, 1.82) is 0 Å². The SMILES string of the molecule is COC(=O)COc1cc2c(c3oc(=O)cc(C)c13)CCC(C)(C)O2. The predicted molar refractivity (Wildman–Crippen MR) is 87.8 cm³/mol. The number of ether oxygens (including phenoxy) is 3. The van der Waals surface area contributed by atoms with Gasteiger partial charge in [0.05, 0.1) is 12.5 Å². The van der Waals surface area contributed by atoms with E-state index in [1.165, 1.54) is 13.2 Å². The summed E-state index contributed by atoms with van der Waals surface area (Å²) in [4.78, 5) is 23.2. The molecule has 0 saturated carbocycles. The van der Waals surface area contributed by atoms with Gasteiger partial charge in [0.15, 0.2) is 6.61 Å². The molecule has 3 rings (SSSR count). The second kappa shape index (κ2) is 5.85. The molecule has 0 N–H and O–H groups in total. The molecule has 2 aromatic rings. The Morgan fingerprint density at radius 2 is 2.08 bits per heavy atom. The van der Waals surface area contributed by atoms with E-state index in [0.717, 1.165) is 24.0 Å². The summed E-state index contributed by atoms with van der Waals surface area (Å²) >= 11 is 0. The lowest BCUT2D eigenvalue weighted by Gasteiger charge is -2.33. The Hall–Kier alpha value is -2.50. The van der Waals surface area contributed by atoms with E-state index in [4.69, 9.17) is 13.9 Å². The summed E-state index contributed by atoms with van der Waals surface area (Å²) in [7, 11) is 1.30. The van der Waals surface area contributed by atoms with Crippen molar-refractivity contribution in [2.45, 2.75) is 39.2 Å². The van der Waals surface area contributed by atoms with E-state index < -0.39 is 11.6 Å². The molecule has 128 valence electrons. The molecule has 0 radical (unpaired) electrons. The first-order chi connectivity index (χ1) is 11.3. The van der Waals surface area contributed by atoms with Crippen LogP contribution in [0.2, 0.25) is 0 Å². The molecule has 1 aromatic heterocycles. The first-order valence-corrected chi connectivity index (χ1v) is 7.80. The number of hydrogen-bond donors (Lipinski definition) is 0. The topological polar surface area (TPSA) is 75.0 Å². The summed E-state index contributed by atoms with van der Waals surface area (Å²) < 4.78 is 21.7. The van der Waals surface area contributed by atoms with Crippen molar-refractivity contribution in [2.75, 3.05) is 13.7 Å². The number of methoxy groups -OCH3 is 1. The van der Waals surface area contributed by atoms with Gasteiger partial charge in [0.1, 0.15) is 22.7 Å². The number of esters is 1. The second-order valence-electron chi connectivity index (χ2n) is 6.53. The third kappa shape index (κ3) is 2.96. The summed E-state index contributed by atoms with van der Waals surface area (Å²) in [5.74, 6) is 0.567. The standard InChI is InChI=1S/C18H20O6/c1-10-7-14(19)23-17-11-5-6-18(2,3)24-12(11)8-13(16(10)17)22-9-15(20)21-4/h7-8H,5-6,9H2,1-4H3. The van der Waals surface area contributed by atoms with E-state index in [1.54, 1.807) is 6.07 Å². The Morgan fingerprint density at radius 3 is 2.79 bits per heavy atom. The number of benzene rings is 1. The minimum atomic E-state index is -0.489. The number of hydrogen-bond acceptors (Lipinski definition) is 6. The molecule has 0 spiro atoms. The van der Waals surface area contributed by atoms with Gasteiger partial charge in [-0.25, -0.2) is 9.59 Å². The van der Waals surface area contributed by atoms with Crippen molar-refractivity contribution in [2.24, 2.45) is 0 Å². The van der Waals surface area contributed by atoms with Crippen LogP contribution in [0.15, 0.2) is 21.3 Å². The quantitative estimate of drug-likeness (QED) is 0.635. The fourth-order valence-electron chi connectivity index (χ4n) is 2.93. The fraction of sp³-hybridized carbons (Fsp3) is 0.444. The average molecular weight is 332 g/mol. The van der Waals surface area contributed by atoms with Gasteiger partial charge in [-0.2, -0.15) is 0 Å². The minimum Gasteiger partial charge on any atom is -0.487 e. The molecular formula is C18H20O6. The van der Waals surface area contributed by atoms with Crippen molar-refractivity contribution in [3.05, 3.63) is 33.7 Å². The average Bonchev–Trinajstić information content (AvgIpc) is 2.50. The maximum atomic E-state index is 11.8. The van der Waals surface area contributed by atoms with E-state index in [0.29, 0.717) is 22.5 Å². The van der Waals surface area contributed by atoms with Crippen LogP contribution < -0.4 is 15.1 Å². The maximum absolute atomic E-state index is 11.8. The van der Waals surface area contributed by atoms with Crippen LogP contribution in [0.3, 0.4) is 0 Å². The highest BCUT2D eigenvalue weighted by Crippen LogP contribution is 2.42. The third-order valence-corrected chi connectivity index (χ3v) is 4.18. The lowest BCUT2D eigenvalue weighted by Crippen LogP contribution is -2.32. The molecule has 0 bridgehead atoms. The van der Waals surface area contributed by atoms with Crippen LogP contribution in [0.1, 0.15) is 31.4 Å². The first kappa shape index (κ1) is 16.4. The zero-order valence-corrected chi connectivity index (χ0v) is 14.2. The van der Waals surface area contributed by atoms with Crippen molar-refractivity contribution in [3.63, 3.8) is 0 Å². The molecule has 0 amide bonds. The molecular weight excluding hydrogens is 312 g/mol. The summed E-state index contributed by atoms with van der Waals surface area (Å²) in [6.07, 6.45) is 1.55. The smallest absolute Gasteiger partial charge is 0.343 e. The normalized spacial score (nSPS) is 15.5. The van der Waals surface area contributed by atoms with E-state index in [9.17, 15) is 9.59 Å². The summed E-state index contributed by atoms with van der Waals surface area (Å²) in [5.41, 5.74) is 1.32. The largest absolute Gasteiger partial charge is 0.487 e. The van der Waals surface area contributed by atoms with Crippen LogP contribution in [-0.2, 0) is 16.0 Å². The van der Waals surface area contributed by atoms with Crippen molar-refractivity contribution < 1.29 is 23.4 Å². The van der Waals surface area contributed by atoms with Crippen LogP contribution in [0.25, 0.3) is 11.0 Å². The van der Waals surface area contributed by atoms with E-state index >= 15 is 0 Å².